The number of nitrogen functional groups attached to an aromatic ring is 4. The van der Waals surface area contributed by atoms with Gasteiger partial charge in [-0.05, 0) is 60.7 Å². The molecule has 0 amide bonds. The average Bonchev–Trinajstić information content (AvgIpc) is 2.66. The number of benzene rings is 3. The molecule has 0 heterocycles. The van der Waals surface area contributed by atoms with Gasteiger partial charge in [-0.1, -0.05) is 0 Å². The maximum Gasteiger partial charge on any atom is 0.343 e. The van der Waals surface area contributed by atoms with E-state index >= 15 is 0 Å². The predicted octanol–water partition coefficient (Wildman–Crippen LogP) is 2.45. The van der Waals surface area contributed by atoms with Crippen molar-refractivity contribution < 1.29 is 19.1 Å². The van der Waals surface area contributed by atoms with Gasteiger partial charge in [0.15, 0.2) is 11.5 Å². The van der Waals surface area contributed by atoms with E-state index in [0.717, 1.165) is 0 Å². The second kappa shape index (κ2) is 7.58. The molecule has 0 aliphatic heterocycles. The number of esters is 2. The Morgan fingerprint density at radius 1 is 0.571 bits per heavy atom. The molecule has 0 bridgehead atoms. The van der Waals surface area contributed by atoms with E-state index in [4.69, 9.17) is 32.4 Å². The van der Waals surface area contributed by atoms with Crippen LogP contribution in [0.1, 0.15) is 20.7 Å². The Kier molecular flexibility index (Phi) is 5.03. The third-order valence-electron chi connectivity index (χ3n) is 3.83. The lowest BCUT2D eigenvalue weighted by Crippen LogP contribution is -2.12. The molecule has 0 saturated carbocycles. The van der Waals surface area contributed by atoms with E-state index in [0.29, 0.717) is 11.4 Å². The van der Waals surface area contributed by atoms with Crippen LogP contribution in [0.25, 0.3) is 0 Å². The fourth-order valence-electron chi connectivity index (χ4n) is 2.38. The first-order valence-electron chi connectivity index (χ1n) is 8.18. The van der Waals surface area contributed by atoms with Gasteiger partial charge in [-0.15, -0.1) is 0 Å². The smallest absolute Gasteiger partial charge is 0.343 e. The van der Waals surface area contributed by atoms with Gasteiger partial charge in [0.25, 0.3) is 0 Å². The lowest BCUT2D eigenvalue weighted by molar-refractivity contribution is 0.0721. The zero-order valence-electron chi connectivity index (χ0n) is 14.7. The average molecular weight is 378 g/mol. The van der Waals surface area contributed by atoms with Crippen molar-refractivity contribution in [2.24, 2.45) is 0 Å². The summed E-state index contributed by atoms with van der Waals surface area (Å²) in [6.45, 7) is 0. The molecule has 142 valence electrons. The van der Waals surface area contributed by atoms with Gasteiger partial charge in [-0.2, -0.15) is 0 Å². The third kappa shape index (κ3) is 4.13. The molecule has 0 aliphatic carbocycles. The summed E-state index contributed by atoms with van der Waals surface area (Å²) < 4.78 is 10.5. The Morgan fingerprint density at radius 2 is 0.929 bits per heavy atom. The summed E-state index contributed by atoms with van der Waals surface area (Å²) in [5.41, 5.74) is 24.6. The minimum atomic E-state index is -0.626. The molecule has 8 N–H and O–H groups in total. The quantitative estimate of drug-likeness (QED) is 0.306. The Hall–Kier alpha value is -4.20. The summed E-state index contributed by atoms with van der Waals surface area (Å²) in [6, 6.07) is 14.9. The number of carbonyl (C=O) groups is 2. The van der Waals surface area contributed by atoms with Crippen molar-refractivity contribution in [2.45, 2.75) is 0 Å². The van der Waals surface area contributed by atoms with Crippen molar-refractivity contribution >= 4 is 34.7 Å². The van der Waals surface area contributed by atoms with Gasteiger partial charge in [0, 0.05) is 11.4 Å². The van der Waals surface area contributed by atoms with Gasteiger partial charge in [-0.25, -0.2) is 9.59 Å². The highest BCUT2D eigenvalue weighted by Gasteiger charge is 2.14. The van der Waals surface area contributed by atoms with Gasteiger partial charge in [-0.3, -0.25) is 0 Å². The topological polar surface area (TPSA) is 157 Å². The fraction of sp³-hybridized carbons (Fsp3) is 0. The number of ether oxygens (including phenoxy) is 2. The van der Waals surface area contributed by atoms with Crippen molar-refractivity contribution in [2.75, 3.05) is 22.9 Å². The molecule has 3 rings (SSSR count). The number of rotatable bonds is 4. The maximum atomic E-state index is 12.2. The molecule has 3 aromatic rings. The van der Waals surface area contributed by atoms with E-state index in [1.165, 1.54) is 48.5 Å². The largest absolute Gasteiger partial charge is 0.421 e. The van der Waals surface area contributed by atoms with Crippen LogP contribution in [0.3, 0.4) is 0 Å². The van der Waals surface area contributed by atoms with Crippen molar-refractivity contribution in [1.29, 1.82) is 0 Å². The van der Waals surface area contributed by atoms with Crippen LogP contribution in [-0.4, -0.2) is 11.9 Å². The van der Waals surface area contributed by atoms with Crippen LogP contribution in [0.15, 0.2) is 60.7 Å². The highest BCUT2D eigenvalue weighted by molar-refractivity contribution is 5.95. The second-order valence-corrected chi connectivity index (χ2v) is 5.95. The lowest BCUT2D eigenvalue weighted by atomic mass is 10.1. The first-order chi connectivity index (χ1) is 13.3. The number of hydrogen-bond acceptors (Lipinski definition) is 8. The number of carbonyl (C=O) groups excluding carboxylic acids is 2. The van der Waals surface area contributed by atoms with Crippen molar-refractivity contribution in [1.82, 2.24) is 0 Å². The molecule has 0 unspecified atom stereocenters. The summed E-state index contributed by atoms with van der Waals surface area (Å²) >= 11 is 0. The van der Waals surface area contributed by atoms with E-state index in [1.807, 2.05) is 0 Å². The number of anilines is 4. The van der Waals surface area contributed by atoms with Gasteiger partial charge >= 0.3 is 11.9 Å². The molecule has 8 heteroatoms. The third-order valence-corrected chi connectivity index (χ3v) is 3.83. The van der Waals surface area contributed by atoms with Crippen LogP contribution in [0, 0.1) is 0 Å². The fourth-order valence-corrected chi connectivity index (χ4v) is 2.38. The molecule has 28 heavy (non-hydrogen) atoms. The van der Waals surface area contributed by atoms with Gasteiger partial charge in [0.05, 0.1) is 22.5 Å². The Bertz CT molecular complexity index is 964. The van der Waals surface area contributed by atoms with Crippen molar-refractivity contribution in [3.63, 3.8) is 0 Å². The molecule has 8 nitrogen and oxygen atoms in total. The van der Waals surface area contributed by atoms with Gasteiger partial charge < -0.3 is 32.4 Å². The van der Waals surface area contributed by atoms with E-state index in [9.17, 15) is 9.59 Å². The first kappa shape index (κ1) is 18.6. The molecule has 0 aromatic heterocycles. The van der Waals surface area contributed by atoms with Crippen LogP contribution < -0.4 is 32.4 Å². The highest BCUT2D eigenvalue weighted by atomic mass is 16.5. The van der Waals surface area contributed by atoms with Crippen LogP contribution in [0.5, 0.6) is 11.5 Å². The van der Waals surface area contributed by atoms with Crippen LogP contribution in [0.4, 0.5) is 22.7 Å². The molecule has 0 atom stereocenters. The SMILES string of the molecule is Nc1ccc(OC(=O)c2ccc(C(=O)Oc3ccc(N)cc3N)cc2)c(N)c1. The van der Waals surface area contributed by atoms with Crippen LogP contribution in [-0.2, 0) is 0 Å². The van der Waals surface area contributed by atoms with Gasteiger partial charge in [0.2, 0.25) is 0 Å². The summed E-state index contributed by atoms with van der Waals surface area (Å²) in [4.78, 5) is 24.5. The second-order valence-electron chi connectivity index (χ2n) is 5.95. The van der Waals surface area contributed by atoms with E-state index < -0.39 is 11.9 Å². The van der Waals surface area contributed by atoms with Crippen LogP contribution in [0.2, 0.25) is 0 Å². The van der Waals surface area contributed by atoms with Crippen molar-refractivity contribution in [3.8, 4) is 11.5 Å². The monoisotopic (exact) mass is 378 g/mol. The minimum Gasteiger partial charge on any atom is -0.421 e. The minimum absolute atomic E-state index is 0.196. The van der Waals surface area contributed by atoms with E-state index in [1.54, 1.807) is 12.1 Å². The summed E-state index contributed by atoms with van der Waals surface area (Å²) in [5, 5.41) is 0. The number of hydrogen-bond donors (Lipinski definition) is 4. The number of nitrogens with two attached hydrogens (primary N) is 4. The molecule has 3 aromatic carbocycles. The van der Waals surface area contributed by atoms with Crippen molar-refractivity contribution in [3.05, 3.63) is 71.8 Å². The Morgan fingerprint density at radius 3 is 1.25 bits per heavy atom. The molecule has 0 spiro atoms. The highest BCUT2D eigenvalue weighted by Crippen LogP contribution is 2.26. The molecule has 0 fully saturated rings. The molecule has 0 saturated heterocycles. The van der Waals surface area contributed by atoms with E-state index in [-0.39, 0.29) is 34.0 Å². The summed E-state index contributed by atoms with van der Waals surface area (Å²) in [5.74, 6) is -0.860. The maximum absolute atomic E-state index is 12.2. The standard InChI is InChI=1S/C20H18N4O4/c21-13-5-7-17(15(23)9-13)27-19(25)11-1-2-12(4-3-11)20(26)28-18-8-6-14(22)10-16(18)24/h1-10H,21-24H2. The summed E-state index contributed by atoms with van der Waals surface area (Å²) in [6.07, 6.45) is 0. The molecular weight excluding hydrogens is 360 g/mol. The van der Waals surface area contributed by atoms with Gasteiger partial charge in [0.1, 0.15) is 0 Å². The Balaban J connectivity index is 1.70. The lowest BCUT2D eigenvalue weighted by Gasteiger charge is -2.09. The molecule has 0 aliphatic rings. The predicted molar refractivity (Wildman–Crippen MR) is 107 cm³/mol. The normalized spacial score (nSPS) is 10.3. The first-order valence-corrected chi connectivity index (χ1v) is 8.18. The molecule has 0 radical (unpaired) electrons. The summed E-state index contributed by atoms with van der Waals surface area (Å²) in [7, 11) is 0. The van der Waals surface area contributed by atoms with E-state index in [2.05, 4.69) is 0 Å². The Labute approximate surface area is 160 Å². The zero-order valence-corrected chi connectivity index (χ0v) is 14.7. The van der Waals surface area contributed by atoms with Crippen LogP contribution >= 0.6 is 0 Å². The zero-order chi connectivity index (χ0) is 20.3. The molecular formula is C20H18N4O4.